The third-order valence-electron chi connectivity index (χ3n) is 5.02. The van der Waals surface area contributed by atoms with Crippen molar-refractivity contribution in [1.82, 2.24) is 20.8 Å². The molecule has 1 fully saturated rings. The molecule has 1 aliphatic rings. The number of benzene rings is 1. The Hall–Kier alpha value is -1.72. The van der Waals surface area contributed by atoms with Gasteiger partial charge in [-0.05, 0) is 43.9 Å². The SMILES string of the molecule is CCCc1noc(-c2cccc(CN=C(NCC)NCCCOCC3CCOC3)c2)n1.I. The predicted molar refractivity (Wildman–Crippen MR) is 136 cm³/mol. The number of aryl methyl sites for hydroxylation is 1. The number of nitrogens with zero attached hydrogens (tertiary/aromatic N) is 3. The molecule has 0 saturated carbocycles. The van der Waals surface area contributed by atoms with Gasteiger partial charge in [-0.15, -0.1) is 24.0 Å². The molecule has 1 unspecified atom stereocenters. The van der Waals surface area contributed by atoms with Gasteiger partial charge < -0.3 is 24.6 Å². The molecule has 2 aromatic rings. The monoisotopic (exact) mass is 557 g/mol. The Kier molecular flexibility index (Phi) is 12.6. The summed E-state index contributed by atoms with van der Waals surface area (Å²) < 4.78 is 16.5. The molecule has 178 valence electrons. The van der Waals surface area contributed by atoms with E-state index in [1.807, 2.05) is 12.1 Å². The lowest BCUT2D eigenvalue weighted by Gasteiger charge is -2.12. The van der Waals surface area contributed by atoms with E-state index < -0.39 is 0 Å². The van der Waals surface area contributed by atoms with Crippen molar-refractivity contribution < 1.29 is 14.0 Å². The van der Waals surface area contributed by atoms with Crippen LogP contribution in [-0.4, -0.2) is 55.6 Å². The predicted octanol–water partition coefficient (Wildman–Crippen LogP) is 3.81. The molecule has 9 heteroatoms. The van der Waals surface area contributed by atoms with Gasteiger partial charge in [0.05, 0.1) is 19.8 Å². The fourth-order valence-electron chi connectivity index (χ4n) is 3.36. The number of rotatable bonds is 12. The molecule has 1 atom stereocenters. The molecule has 2 N–H and O–H groups in total. The molecule has 8 nitrogen and oxygen atoms in total. The summed E-state index contributed by atoms with van der Waals surface area (Å²) in [6.45, 7) is 9.61. The van der Waals surface area contributed by atoms with Gasteiger partial charge in [-0.3, -0.25) is 0 Å². The number of aliphatic imine (C=N–C) groups is 1. The van der Waals surface area contributed by atoms with E-state index in [1.165, 1.54) is 0 Å². The Balaban J connectivity index is 0.00000363. The first kappa shape index (κ1) is 26.5. The molecule has 1 saturated heterocycles. The number of hydrogen-bond donors (Lipinski definition) is 2. The van der Waals surface area contributed by atoms with Crippen LogP contribution in [0.5, 0.6) is 0 Å². The second-order valence-electron chi connectivity index (χ2n) is 7.75. The minimum absolute atomic E-state index is 0. The van der Waals surface area contributed by atoms with Crippen molar-refractivity contribution >= 4 is 29.9 Å². The van der Waals surface area contributed by atoms with Crippen molar-refractivity contribution in [3.05, 3.63) is 35.7 Å². The number of ether oxygens (including phenoxy) is 2. The van der Waals surface area contributed by atoms with E-state index in [0.717, 1.165) is 88.1 Å². The molecule has 1 aromatic heterocycles. The van der Waals surface area contributed by atoms with E-state index >= 15 is 0 Å². The number of guanidine groups is 1. The Morgan fingerprint density at radius 3 is 2.97 bits per heavy atom. The summed E-state index contributed by atoms with van der Waals surface area (Å²) in [7, 11) is 0. The number of hydrogen-bond acceptors (Lipinski definition) is 6. The van der Waals surface area contributed by atoms with Gasteiger partial charge in [-0.1, -0.05) is 24.2 Å². The van der Waals surface area contributed by atoms with Crippen LogP contribution in [0.3, 0.4) is 0 Å². The molecule has 0 bridgehead atoms. The van der Waals surface area contributed by atoms with Crippen LogP contribution in [-0.2, 0) is 22.4 Å². The summed E-state index contributed by atoms with van der Waals surface area (Å²) in [4.78, 5) is 9.17. The van der Waals surface area contributed by atoms with Crippen molar-refractivity contribution in [2.45, 2.75) is 46.1 Å². The van der Waals surface area contributed by atoms with Crippen molar-refractivity contribution in [1.29, 1.82) is 0 Å². The number of nitrogens with one attached hydrogen (secondary N) is 2. The van der Waals surface area contributed by atoms with E-state index in [-0.39, 0.29) is 24.0 Å². The molecule has 32 heavy (non-hydrogen) atoms. The summed E-state index contributed by atoms with van der Waals surface area (Å²) in [6.07, 6.45) is 3.87. The fraction of sp³-hybridized carbons (Fsp3) is 0.609. The van der Waals surface area contributed by atoms with Crippen LogP contribution in [0.1, 0.15) is 44.5 Å². The topological polar surface area (TPSA) is 93.8 Å². The maximum atomic E-state index is 5.76. The van der Waals surface area contributed by atoms with Crippen molar-refractivity contribution in [3.8, 4) is 11.5 Å². The highest BCUT2D eigenvalue weighted by Crippen LogP contribution is 2.19. The third kappa shape index (κ3) is 9.03. The molecule has 2 heterocycles. The van der Waals surface area contributed by atoms with E-state index in [4.69, 9.17) is 19.0 Å². The highest BCUT2D eigenvalue weighted by atomic mass is 127. The molecule has 0 aliphatic carbocycles. The summed E-state index contributed by atoms with van der Waals surface area (Å²) in [5.41, 5.74) is 2.01. The lowest BCUT2D eigenvalue weighted by molar-refractivity contribution is 0.0888. The molecule has 3 rings (SSSR count). The second kappa shape index (κ2) is 15.2. The molecular weight excluding hydrogens is 521 g/mol. The fourth-order valence-corrected chi connectivity index (χ4v) is 3.36. The van der Waals surface area contributed by atoms with Gasteiger partial charge in [0.2, 0.25) is 0 Å². The maximum Gasteiger partial charge on any atom is 0.257 e. The minimum Gasteiger partial charge on any atom is -0.381 e. The first-order valence-electron chi connectivity index (χ1n) is 11.4. The smallest absolute Gasteiger partial charge is 0.257 e. The molecule has 0 spiro atoms. The summed E-state index contributed by atoms with van der Waals surface area (Å²) in [6, 6.07) is 8.09. The van der Waals surface area contributed by atoms with Crippen LogP contribution >= 0.6 is 24.0 Å². The van der Waals surface area contributed by atoms with Gasteiger partial charge in [0.15, 0.2) is 11.8 Å². The molecule has 0 radical (unpaired) electrons. The van der Waals surface area contributed by atoms with Gasteiger partial charge in [-0.25, -0.2) is 4.99 Å². The zero-order chi connectivity index (χ0) is 21.7. The lowest BCUT2D eigenvalue weighted by Crippen LogP contribution is -2.38. The Bertz CT molecular complexity index is 808. The standard InChI is InChI=1S/C23H35N5O3.HI/c1-3-7-21-27-22(31-28-21)20-9-5-8-18(14-20)15-26-23(24-4-2)25-11-6-12-29-16-19-10-13-30-17-19;/h5,8-9,14,19H,3-4,6-7,10-13,15-17H2,1-2H3,(H2,24,25,26);1H. The van der Waals surface area contributed by atoms with E-state index in [2.05, 4.69) is 46.8 Å². The Morgan fingerprint density at radius 2 is 2.19 bits per heavy atom. The minimum atomic E-state index is 0. The van der Waals surface area contributed by atoms with Gasteiger partial charge in [0, 0.05) is 44.2 Å². The van der Waals surface area contributed by atoms with E-state index in [9.17, 15) is 0 Å². The Morgan fingerprint density at radius 1 is 1.28 bits per heavy atom. The van der Waals surface area contributed by atoms with Crippen molar-refractivity contribution in [2.24, 2.45) is 10.9 Å². The quantitative estimate of drug-likeness (QED) is 0.178. The van der Waals surface area contributed by atoms with Gasteiger partial charge in [-0.2, -0.15) is 4.98 Å². The average Bonchev–Trinajstić information content (AvgIpc) is 3.47. The Labute approximate surface area is 208 Å². The molecular formula is C23H36IN5O3. The molecule has 0 amide bonds. The van der Waals surface area contributed by atoms with Crippen LogP contribution in [0.2, 0.25) is 0 Å². The van der Waals surface area contributed by atoms with E-state index in [1.54, 1.807) is 0 Å². The summed E-state index contributed by atoms with van der Waals surface area (Å²) in [5.74, 6) is 2.68. The first-order valence-corrected chi connectivity index (χ1v) is 11.4. The normalized spacial score (nSPS) is 16.1. The van der Waals surface area contributed by atoms with Crippen LogP contribution in [0.4, 0.5) is 0 Å². The van der Waals surface area contributed by atoms with Gasteiger partial charge in [0.25, 0.3) is 5.89 Å². The summed E-state index contributed by atoms with van der Waals surface area (Å²) >= 11 is 0. The maximum absolute atomic E-state index is 5.76. The lowest BCUT2D eigenvalue weighted by atomic mass is 10.1. The van der Waals surface area contributed by atoms with Crippen molar-refractivity contribution in [2.75, 3.05) is 39.5 Å². The van der Waals surface area contributed by atoms with Crippen LogP contribution in [0.25, 0.3) is 11.5 Å². The van der Waals surface area contributed by atoms with Crippen LogP contribution in [0, 0.1) is 5.92 Å². The molecule has 1 aliphatic heterocycles. The largest absolute Gasteiger partial charge is 0.381 e. The zero-order valence-corrected chi connectivity index (χ0v) is 21.5. The highest BCUT2D eigenvalue weighted by molar-refractivity contribution is 14.0. The molecule has 1 aromatic carbocycles. The van der Waals surface area contributed by atoms with Gasteiger partial charge in [0.1, 0.15) is 0 Å². The first-order chi connectivity index (χ1) is 15.3. The van der Waals surface area contributed by atoms with Crippen LogP contribution in [0.15, 0.2) is 33.8 Å². The average molecular weight is 557 g/mol. The highest BCUT2D eigenvalue weighted by Gasteiger charge is 2.15. The van der Waals surface area contributed by atoms with E-state index in [0.29, 0.717) is 18.4 Å². The van der Waals surface area contributed by atoms with Crippen molar-refractivity contribution in [3.63, 3.8) is 0 Å². The zero-order valence-electron chi connectivity index (χ0n) is 19.1. The number of halogens is 1. The number of aromatic nitrogens is 2. The van der Waals surface area contributed by atoms with Gasteiger partial charge >= 0.3 is 0 Å². The van der Waals surface area contributed by atoms with Crippen LogP contribution < -0.4 is 10.6 Å². The third-order valence-corrected chi connectivity index (χ3v) is 5.02. The second-order valence-corrected chi connectivity index (χ2v) is 7.75. The summed E-state index contributed by atoms with van der Waals surface area (Å²) in [5, 5.41) is 10.7.